The van der Waals surface area contributed by atoms with Crippen molar-refractivity contribution in [2.75, 3.05) is 18.8 Å². The summed E-state index contributed by atoms with van der Waals surface area (Å²) in [6.45, 7) is 0.971. The van der Waals surface area contributed by atoms with Crippen LogP contribution in [0.4, 0.5) is 0 Å². The Morgan fingerprint density at radius 3 is 3.26 bits per heavy atom. The van der Waals surface area contributed by atoms with E-state index < -0.39 is 0 Å². The van der Waals surface area contributed by atoms with E-state index in [4.69, 9.17) is 5.73 Å². The quantitative estimate of drug-likeness (QED) is 0.808. The topological polar surface area (TPSA) is 68.0 Å². The minimum Gasteiger partial charge on any atom is -0.350 e. The summed E-state index contributed by atoms with van der Waals surface area (Å²) in [5, 5.41) is 3.47. The zero-order chi connectivity index (χ0) is 13.5. The standard InChI is InChI=1S/C14H17N3OS/c15-7-1-4-11-5-2-8-16-13(11)14(18)17-10-12-6-3-9-19-12/h2,5,8,12H,3,6-7,9-10,15H2,(H,17,18). The predicted octanol–water partition coefficient (Wildman–Crippen LogP) is 1.02. The van der Waals surface area contributed by atoms with Crippen LogP contribution in [0.15, 0.2) is 18.3 Å². The zero-order valence-electron chi connectivity index (χ0n) is 10.7. The van der Waals surface area contributed by atoms with Crippen molar-refractivity contribution in [1.29, 1.82) is 0 Å². The molecule has 1 amide bonds. The smallest absolute Gasteiger partial charge is 0.271 e. The molecule has 1 fully saturated rings. The molecule has 3 N–H and O–H groups in total. The summed E-state index contributed by atoms with van der Waals surface area (Å²) in [4.78, 5) is 16.2. The van der Waals surface area contributed by atoms with Crippen LogP contribution >= 0.6 is 11.8 Å². The summed E-state index contributed by atoms with van der Waals surface area (Å²) in [5.41, 5.74) is 6.36. The van der Waals surface area contributed by atoms with E-state index in [9.17, 15) is 4.79 Å². The Labute approximate surface area is 117 Å². The van der Waals surface area contributed by atoms with Gasteiger partial charge in [0, 0.05) is 18.0 Å². The first kappa shape index (κ1) is 13.9. The molecule has 2 rings (SSSR count). The molecule has 0 aliphatic carbocycles. The minimum absolute atomic E-state index is 0.158. The van der Waals surface area contributed by atoms with E-state index in [1.54, 1.807) is 18.3 Å². The molecule has 19 heavy (non-hydrogen) atoms. The molecule has 100 valence electrons. The molecule has 4 nitrogen and oxygen atoms in total. The number of carbonyl (C=O) groups is 1. The summed E-state index contributed by atoms with van der Waals surface area (Å²) in [7, 11) is 0. The second-order valence-corrected chi connectivity index (χ2v) is 5.66. The fourth-order valence-corrected chi connectivity index (χ4v) is 3.13. The summed E-state index contributed by atoms with van der Waals surface area (Å²) in [6.07, 6.45) is 4.02. The van der Waals surface area contributed by atoms with E-state index in [2.05, 4.69) is 22.1 Å². The maximum atomic E-state index is 12.1. The van der Waals surface area contributed by atoms with E-state index in [1.807, 2.05) is 11.8 Å². The van der Waals surface area contributed by atoms with Gasteiger partial charge in [-0.25, -0.2) is 4.98 Å². The van der Waals surface area contributed by atoms with Gasteiger partial charge in [0.15, 0.2) is 0 Å². The van der Waals surface area contributed by atoms with Crippen LogP contribution in [0.2, 0.25) is 0 Å². The Balaban J connectivity index is 2.01. The highest BCUT2D eigenvalue weighted by Gasteiger charge is 2.18. The van der Waals surface area contributed by atoms with Gasteiger partial charge in [-0.15, -0.1) is 0 Å². The number of nitrogens with two attached hydrogens (primary N) is 1. The Morgan fingerprint density at radius 2 is 2.53 bits per heavy atom. The molecule has 1 aliphatic rings. The summed E-state index contributed by atoms with van der Waals surface area (Å²) in [6, 6.07) is 3.55. The molecule has 0 bridgehead atoms. The summed E-state index contributed by atoms with van der Waals surface area (Å²) < 4.78 is 0. The van der Waals surface area contributed by atoms with Crippen molar-refractivity contribution >= 4 is 17.7 Å². The second kappa shape index (κ2) is 7.17. The number of thioether (sulfide) groups is 1. The molecule has 0 saturated carbocycles. The van der Waals surface area contributed by atoms with Gasteiger partial charge in [-0.05, 0) is 30.7 Å². The molecular formula is C14H17N3OS. The molecule has 5 heteroatoms. The monoisotopic (exact) mass is 275 g/mol. The number of amides is 1. The van der Waals surface area contributed by atoms with Crippen molar-refractivity contribution in [3.63, 3.8) is 0 Å². The SMILES string of the molecule is NCC#Cc1cccnc1C(=O)NCC1CCCS1. The van der Waals surface area contributed by atoms with E-state index in [-0.39, 0.29) is 12.5 Å². The van der Waals surface area contributed by atoms with E-state index in [0.29, 0.717) is 23.1 Å². The lowest BCUT2D eigenvalue weighted by molar-refractivity contribution is 0.0948. The Hall–Kier alpha value is -1.51. The van der Waals surface area contributed by atoms with Gasteiger partial charge in [-0.3, -0.25) is 4.79 Å². The van der Waals surface area contributed by atoms with Gasteiger partial charge < -0.3 is 11.1 Å². The van der Waals surface area contributed by atoms with Crippen LogP contribution in [0, 0.1) is 11.8 Å². The molecule has 0 spiro atoms. The molecule has 0 aromatic carbocycles. The molecule has 1 saturated heterocycles. The van der Waals surface area contributed by atoms with E-state index in [1.165, 1.54) is 18.6 Å². The van der Waals surface area contributed by atoms with Gasteiger partial charge >= 0.3 is 0 Å². The van der Waals surface area contributed by atoms with Gasteiger partial charge in [0.1, 0.15) is 5.69 Å². The van der Waals surface area contributed by atoms with Crippen molar-refractivity contribution in [3.05, 3.63) is 29.6 Å². The van der Waals surface area contributed by atoms with Crippen molar-refractivity contribution in [2.24, 2.45) is 5.73 Å². The van der Waals surface area contributed by atoms with Crippen molar-refractivity contribution in [1.82, 2.24) is 10.3 Å². The highest BCUT2D eigenvalue weighted by Crippen LogP contribution is 2.25. The Morgan fingerprint density at radius 1 is 1.63 bits per heavy atom. The lowest BCUT2D eigenvalue weighted by atomic mass is 10.2. The number of nitrogens with one attached hydrogen (secondary N) is 1. The summed E-state index contributed by atoms with van der Waals surface area (Å²) >= 11 is 1.92. The number of carbonyl (C=O) groups excluding carboxylic acids is 1. The lowest BCUT2D eigenvalue weighted by Crippen LogP contribution is -2.30. The number of hydrogen-bond donors (Lipinski definition) is 2. The van der Waals surface area contributed by atoms with Gasteiger partial charge in [0.2, 0.25) is 0 Å². The van der Waals surface area contributed by atoms with Gasteiger partial charge in [0.05, 0.1) is 12.1 Å². The average molecular weight is 275 g/mol. The minimum atomic E-state index is -0.158. The van der Waals surface area contributed by atoms with Crippen LogP contribution in [0.3, 0.4) is 0 Å². The van der Waals surface area contributed by atoms with Crippen LogP contribution in [-0.2, 0) is 0 Å². The first-order valence-corrected chi connectivity index (χ1v) is 7.40. The van der Waals surface area contributed by atoms with E-state index >= 15 is 0 Å². The van der Waals surface area contributed by atoms with Crippen LogP contribution in [0.1, 0.15) is 28.9 Å². The normalized spacial score (nSPS) is 17.6. The lowest BCUT2D eigenvalue weighted by Gasteiger charge is -2.10. The second-order valence-electron chi connectivity index (χ2n) is 4.25. The van der Waals surface area contributed by atoms with Crippen LogP contribution < -0.4 is 11.1 Å². The van der Waals surface area contributed by atoms with Crippen molar-refractivity contribution < 1.29 is 4.79 Å². The number of pyridine rings is 1. The number of nitrogens with zero attached hydrogens (tertiary/aromatic N) is 1. The van der Waals surface area contributed by atoms with Gasteiger partial charge in [0.25, 0.3) is 5.91 Å². The molecule has 1 aliphatic heterocycles. The first-order chi connectivity index (χ1) is 9.31. The molecule has 2 heterocycles. The van der Waals surface area contributed by atoms with Crippen LogP contribution in [0.5, 0.6) is 0 Å². The Bertz CT molecular complexity index is 501. The molecule has 1 unspecified atom stereocenters. The van der Waals surface area contributed by atoms with Crippen LogP contribution in [0.25, 0.3) is 0 Å². The third-order valence-corrected chi connectivity index (χ3v) is 4.26. The zero-order valence-corrected chi connectivity index (χ0v) is 11.5. The average Bonchev–Trinajstić information content (AvgIpc) is 2.96. The number of rotatable bonds is 3. The molecule has 0 radical (unpaired) electrons. The fourth-order valence-electron chi connectivity index (χ4n) is 1.93. The largest absolute Gasteiger partial charge is 0.350 e. The third-order valence-electron chi connectivity index (χ3n) is 2.86. The highest BCUT2D eigenvalue weighted by molar-refractivity contribution is 8.00. The Kier molecular flexibility index (Phi) is 5.25. The number of aromatic nitrogens is 1. The molecule has 1 atom stereocenters. The summed E-state index contributed by atoms with van der Waals surface area (Å²) in [5.74, 6) is 6.66. The maximum absolute atomic E-state index is 12.1. The highest BCUT2D eigenvalue weighted by atomic mass is 32.2. The third kappa shape index (κ3) is 3.98. The molecule has 1 aromatic heterocycles. The predicted molar refractivity (Wildman–Crippen MR) is 78.0 cm³/mol. The van der Waals surface area contributed by atoms with Crippen molar-refractivity contribution in [2.45, 2.75) is 18.1 Å². The van der Waals surface area contributed by atoms with Crippen molar-refractivity contribution in [3.8, 4) is 11.8 Å². The first-order valence-electron chi connectivity index (χ1n) is 6.35. The molecule has 1 aromatic rings. The van der Waals surface area contributed by atoms with Gasteiger partial charge in [-0.1, -0.05) is 11.8 Å². The fraction of sp³-hybridized carbons (Fsp3) is 0.429. The maximum Gasteiger partial charge on any atom is 0.271 e. The van der Waals surface area contributed by atoms with E-state index in [0.717, 1.165) is 0 Å². The van der Waals surface area contributed by atoms with Crippen LogP contribution in [-0.4, -0.2) is 35.0 Å². The number of hydrogen-bond acceptors (Lipinski definition) is 4. The van der Waals surface area contributed by atoms with Gasteiger partial charge in [-0.2, -0.15) is 11.8 Å². The molecular weight excluding hydrogens is 258 g/mol.